The molecule has 4 N–H and O–H groups in total. The molecule has 1 amide bonds. The van der Waals surface area contributed by atoms with E-state index >= 15 is 0 Å². The van der Waals surface area contributed by atoms with Crippen molar-refractivity contribution in [2.24, 2.45) is 0 Å². The molecule has 0 radical (unpaired) electrons. The summed E-state index contributed by atoms with van der Waals surface area (Å²) in [6, 6.07) is 3.07. The van der Waals surface area contributed by atoms with E-state index in [1.807, 2.05) is 0 Å². The highest BCUT2D eigenvalue weighted by atomic mass is 16.4. The van der Waals surface area contributed by atoms with Gasteiger partial charge in [-0.25, -0.2) is 0 Å². The molecule has 0 aliphatic heterocycles. The van der Waals surface area contributed by atoms with Gasteiger partial charge in [-0.1, -0.05) is 0 Å². The standard InChI is InChI=1S/C11H13N3O5/c12-7-1-2-8(13-4-7)3-9(15)14(5-10(16)17)6-11(18)19/h1-2,4H,3,5-6,12H2,(H,16,17)(H,18,19). The number of carbonyl (C=O) groups is 3. The minimum Gasteiger partial charge on any atom is -0.480 e. The maximum absolute atomic E-state index is 11.8. The van der Waals surface area contributed by atoms with Crippen molar-refractivity contribution in [2.45, 2.75) is 6.42 Å². The summed E-state index contributed by atoms with van der Waals surface area (Å²) in [7, 11) is 0. The van der Waals surface area contributed by atoms with Gasteiger partial charge in [0.05, 0.1) is 18.3 Å². The van der Waals surface area contributed by atoms with Gasteiger partial charge in [0.1, 0.15) is 13.1 Å². The Morgan fingerprint density at radius 3 is 2.16 bits per heavy atom. The Kier molecular flexibility index (Phi) is 4.81. The van der Waals surface area contributed by atoms with Crippen molar-refractivity contribution in [1.29, 1.82) is 0 Å². The fourth-order valence-electron chi connectivity index (χ4n) is 1.37. The van der Waals surface area contributed by atoms with Crippen molar-refractivity contribution in [3.05, 3.63) is 24.0 Å². The van der Waals surface area contributed by atoms with Crippen LogP contribution in [0.2, 0.25) is 0 Å². The van der Waals surface area contributed by atoms with E-state index in [0.717, 1.165) is 4.90 Å². The lowest BCUT2D eigenvalue weighted by atomic mass is 10.2. The van der Waals surface area contributed by atoms with E-state index < -0.39 is 30.9 Å². The molecule has 0 bridgehead atoms. The lowest BCUT2D eigenvalue weighted by molar-refractivity contribution is -0.149. The van der Waals surface area contributed by atoms with Gasteiger partial charge in [0.25, 0.3) is 0 Å². The first kappa shape index (κ1) is 14.4. The summed E-state index contributed by atoms with van der Waals surface area (Å²) in [4.78, 5) is 37.6. The second-order valence-electron chi connectivity index (χ2n) is 3.80. The van der Waals surface area contributed by atoms with Crippen LogP contribution in [0.5, 0.6) is 0 Å². The zero-order chi connectivity index (χ0) is 14.4. The van der Waals surface area contributed by atoms with E-state index in [0.29, 0.717) is 11.4 Å². The molecule has 0 unspecified atom stereocenters. The number of amides is 1. The van der Waals surface area contributed by atoms with Crippen molar-refractivity contribution >= 4 is 23.5 Å². The number of anilines is 1. The predicted molar refractivity (Wildman–Crippen MR) is 64.2 cm³/mol. The maximum atomic E-state index is 11.8. The van der Waals surface area contributed by atoms with Crippen LogP contribution in [0.15, 0.2) is 18.3 Å². The van der Waals surface area contributed by atoms with Gasteiger partial charge in [0, 0.05) is 5.69 Å². The summed E-state index contributed by atoms with van der Waals surface area (Å²) >= 11 is 0. The van der Waals surface area contributed by atoms with Crippen LogP contribution in [-0.4, -0.2) is 51.0 Å². The smallest absolute Gasteiger partial charge is 0.323 e. The number of carboxylic acid groups (broad SMARTS) is 2. The summed E-state index contributed by atoms with van der Waals surface area (Å²) in [6.07, 6.45) is 1.18. The van der Waals surface area contributed by atoms with Crippen molar-refractivity contribution < 1.29 is 24.6 Å². The normalized spacial score (nSPS) is 9.89. The fourth-order valence-corrected chi connectivity index (χ4v) is 1.37. The molecular weight excluding hydrogens is 254 g/mol. The van der Waals surface area contributed by atoms with E-state index in [4.69, 9.17) is 15.9 Å². The van der Waals surface area contributed by atoms with Crippen LogP contribution < -0.4 is 5.73 Å². The molecule has 1 aromatic rings. The van der Waals surface area contributed by atoms with E-state index in [9.17, 15) is 14.4 Å². The topological polar surface area (TPSA) is 134 Å². The third kappa shape index (κ3) is 5.02. The number of aromatic nitrogens is 1. The second kappa shape index (κ2) is 6.34. The number of nitrogen functional groups attached to an aromatic ring is 1. The molecule has 0 fully saturated rings. The summed E-state index contributed by atoms with van der Waals surface area (Å²) in [6.45, 7) is -1.33. The van der Waals surface area contributed by atoms with Crippen LogP contribution >= 0.6 is 0 Å². The predicted octanol–water partition coefficient (Wildman–Crippen LogP) is -0.796. The number of hydrogen-bond donors (Lipinski definition) is 3. The molecule has 0 atom stereocenters. The monoisotopic (exact) mass is 267 g/mol. The molecule has 102 valence electrons. The number of carbonyl (C=O) groups excluding carboxylic acids is 1. The molecule has 8 nitrogen and oxygen atoms in total. The first-order valence-electron chi connectivity index (χ1n) is 5.30. The van der Waals surface area contributed by atoms with Crippen LogP contribution in [0.1, 0.15) is 5.69 Å². The van der Waals surface area contributed by atoms with E-state index in [-0.39, 0.29) is 6.42 Å². The number of nitrogens with zero attached hydrogens (tertiary/aromatic N) is 2. The van der Waals surface area contributed by atoms with E-state index in [2.05, 4.69) is 4.98 Å². The first-order chi connectivity index (χ1) is 8.88. The number of nitrogens with two attached hydrogens (primary N) is 1. The first-order valence-corrected chi connectivity index (χ1v) is 5.30. The molecule has 1 heterocycles. The molecule has 0 saturated carbocycles. The van der Waals surface area contributed by atoms with Gasteiger partial charge in [-0.3, -0.25) is 19.4 Å². The van der Waals surface area contributed by atoms with Crippen LogP contribution in [-0.2, 0) is 20.8 Å². The van der Waals surface area contributed by atoms with Gasteiger partial charge in [0.15, 0.2) is 0 Å². The highest BCUT2D eigenvalue weighted by Gasteiger charge is 2.20. The van der Waals surface area contributed by atoms with Gasteiger partial charge < -0.3 is 20.8 Å². The third-order valence-electron chi connectivity index (χ3n) is 2.18. The maximum Gasteiger partial charge on any atom is 0.323 e. The minimum atomic E-state index is -1.28. The summed E-state index contributed by atoms with van der Waals surface area (Å²) in [5.41, 5.74) is 6.26. The molecule has 0 saturated heterocycles. The van der Waals surface area contributed by atoms with Crippen LogP contribution in [0.3, 0.4) is 0 Å². The summed E-state index contributed by atoms with van der Waals surface area (Å²) in [5.74, 6) is -3.18. The van der Waals surface area contributed by atoms with Gasteiger partial charge in [-0.05, 0) is 12.1 Å². The van der Waals surface area contributed by atoms with Gasteiger partial charge in [-0.2, -0.15) is 0 Å². The number of hydrogen-bond acceptors (Lipinski definition) is 5. The van der Waals surface area contributed by atoms with Crippen LogP contribution in [0.25, 0.3) is 0 Å². The Labute approximate surface area is 108 Å². The number of aliphatic carboxylic acids is 2. The number of rotatable bonds is 6. The largest absolute Gasteiger partial charge is 0.480 e. The Balaban J connectivity index is 2.73. The molecule has 0 spiro atoms. The van der Waals surface area contributed by atoms with Crippen LogP contribution in [0, 0.1) is 0 Å². The van der Waals surface area contributed by atoms with Gasteiger partial charge >= 0.3 is 11.9 Å². The Bertz CT molecular complexity index is 470. The molecule has 19 heavy (non-hydrogen) atoms. The van der Waals surface area contributed by atoms with Crippen molar-refractivity contribution in [2.75, 3.05) is 18.8 Å². The van der Waals surface area contributed by atoms with Crippen molar-refractivity contribution in [3.63, 3.8) is 0 Å². The quantitative estimate of drug-likeness (QED) is 0.614. The molecule has 0 aliphatic rings. The second-order valence-corrected chi connectivity index (χ2v) is 3.80. The Hall–Kier alpha value is -2.64. The lowest BCUT2D eigenvalue weighted by Gasteiger charge is -2.18. The van der Waals surface area contributed by atoms with Gasteiger partial charge in [-0.15, -0.1) is 0 Å². The average Bonchev–Trinajstić information content (AvgIpc) is 2.30. The highest BCUT2D eigenvalue weighted by molar-refractivity contribution is 5.86. The van der Waals surface area contributed by atoms with Crippen molar-refractivity contribution in [1.82, 2.24) is 9.88 Å². The van der Waals surface area contributed by atoms with E-state index in [1.165, 1.54) is 12.3 Å². The molecule has 1 aromatic heterocycles. The van der Waals surface area contributed by atoms with Crippen LogP contribution in [0.4, 0.5) is 5.69 Å². The highest BCUT2D eigenvalue weighted by Crippen LogP contribution is 2.04. The average molecular weight is 267 g/mol. The zero-order valence-electron chi connectivity index (χ0n) is 9.94. The SMILES string of the molecule is Nc1ccc(CC(=O)N(CC(=O)O)CC(=O)O)nc1. The number of carboxylic acids is 2. The Morgan fingerprint density at radius 1 is 1.16 bits per heavy atom. The van der Waals surface area contributed by atoms with Crippen molar-refractivity contribution in [3.8, 4) is 0 Å². The lowest BCUT2D eigenvalue weighted by Crippen LogP contribution is -2.40. The van der Waals surface area contributed by atoms with E-state index in [1.54, 1.807) is 6.07 Å². The molecule has 0 aromatic carbocycles. The summed E-state index contributed by atoms with van der Waals surface area (Å²) < 4.78 is 0. The minimum absolute atomic E-state index is 0.180. The molecular formula is C11H13N3O5. The fraction of sp³-hybridized carbons (Fsp3) is 0.273. The molecule has 1 rings (SSSR count). The number of pyridine rings is 1. The molecule has 0 aliphatic carbocycles. The molecule has 8 heteroatoms. The zero-order valence-corrected chi connectivity index (χ0v) is 9.94. The Morgan fingerprint density at radius 2 is 1.74 bits per heavy atom. The third-order valence-corrected chi connectivity index (χ3v) is 2.18. The van der Waals surface area contributed by atoms with Gasteiger partial charge in [0.2, 0.25) is 5.91 Å². The summed E-state index contributed by atoms with van der Waals surface area (Å²) in [5, 5.41) is 17.3.